The van der Waals surface area contributed by atoms with Crippen LogP contribution in [0.15, 0.2) is 0 Å². The van der Waals surface area contributed by atoms with E-state index in [0.29, 0.717) is 19.5 Å². The first-order valence-electron chi connectivity index (χ1n) is 5.26. The van der Waals surface area contributed by atoms with Gasteiger partial charge in [0.05, 0.1) is 18.1 Å². The summed E-state index contributed by atoms with van der Waals surface area (Å²) in [6.07, 6.45) is 0.679. The highest BCUT2D eigenvalue weighted by Crippen LogP contribution is 2.16. The number of rotatable bonds is 6. The summed E-state index contributed by atoms with van der Waals surface area (Å²) in [7, 11) is 1.38. The monoisotopic (exact) mass is 217 g/mol. The maximum Gasteiger partial charge on any atom is 0.312 e. The smallest absolute Gasteiger partial charge is 0.312 e. The molecule has 0 fully saturated rings. The number of methoxy groups -OCH3 is 1. The van der Waals surface area contributed by atoms with Gasteiger partial charge in [-0.3, -0.25) is 4.79 Å². The third-order valence-electron chi connectivity index (χ3n) is 2.57. The van der Waals surface area contributed by atoms with Gasteiger partial charge < -0.3 is 15.2 Å². The SMILES string of the molecule is CCC(C)(O)CNCC(C)(C)C(=O)OC. The third-order valence-corrected chi connectivity index (χ3v) is 2.57. The van der Waals surface area contributed by atoms with Crippen molar-refractivity contribution in [3.63, 3.8) is 0 Å². The van der Waals surface area contributed by atoms with Crippen LogP contribution in [-0.4, -0.2) is 36.9 Å². The molecule has 0 heterocycles. The normalized spacial score (nSPS) is 15.9. The van der Waals surface area contributed by atoms with Crippen molar-refractivity contribution in [2.24, 2.45) is 5.41 Å². The van der Waals surface area contributed by atoms with Crippen LogP contribution in [0.25, 0.3) is 0 Å². The molecular weight excluding hydrogens is 194 g/mol. The molecule has 0 rings (SSSR count). The first kappa shape index (κ1) is 14.4. The molecule has 0 saturated heterocycles. The average molecular weight is 217 g/mol. The Morgan fingerprint density at radius 2 is 1.87 bits per heavy atom. The fourth-order valence-corrected chi connectivity index (χ4v) is 1.12. The van der Waals surface area contributed by atoms with Crippen molar-refractivity contribution >= 4 is 5.97 Å². The predicted molar refractivity (Wildman–Crippen MR) is 59.6 cm³/mol. The maximum absolute atomic E-state index is 11.3. The van der Waals surface area contributed by atoms with Gasteiger partial charge in [0.25, 0.3) is 0 Å². The first-order chi connectivity index (χ1) is 6.75. The number of nitrogens with one attached hydrogen (secondary N) is 1. The number of hydrogen-bond donors (Lipinski definition) is 2. The molecule has 90 valence electrons. The van der Waals surface area contributed by atoms with Gasteiger partial charge in [-0.1, -0.05) is 6.92 Å². The average Bonchev–Trinajstić information content (AvgIpc) is 2.16. The molecule has 1 unspecified atom stereocenters. The molecule has 0 saturated carbocycles. The van der Waals surface area contributed by atoms with Crippen LogP contribution in [-0.2, 0) is 9.53 Å². The van der Waals surface area contributed by atoms with Crippen molar-refractivity contribution in [2.75, 3.05) is 20.2 Å². The quantitative estimate of drug-likeness (QED) is 0.650. The summed E-state index contributed by atoms with van der Waals surface area (Å²) in [6, 6.07) is 0. The van der Waals surface area contributed by atoms with Crippen LogP contribution in [0.4, 0.5) is 0 Å². The molecule has 0 aromatic heterocycles. The molecule has 4 heteroatoms. The molecule has 0 bridgehead atoms. The largest absolute Gasteiger partial charge is 0.469 e. The Morgan fingerprint density at radius 3 is 2.27 bits per heavy atom. The zero-order valence-electron chi connectivity index (χ0n) is 10.4. The summed E-state index contributed by atoms with van der Waals surface area (Å²) in [4.78, 5) is 11.3. The summed E-state index contributed by atoms with van der Waals surface area (Å²) in [6.45, 7) is 8.29. The minimum atomic E-state index is -0.716. The van der Waals surface area contributed by atoms with Crippen molar-refractivity contribution in [2.45, 2.75) is 39.7 Å². The Hall–Kier alpha value is -0.610. The van der Waals surface area contributed by atoms with Crippen molar-refractivity contribution in [3.8, 4) is 0 Å². The summed E-state index contributed by atoms with van der Waals surface area (Å²) in [5.41, 5.74) is -1.27. The lowest BCUT2D eigenvalue weighted by Gasteiger charge is -2.26. The lowest BCUT2D eigenvalue weighted by atomic mass is 9.93. The Balaban J connectivity index is 4.00. The molecule has 15 heavy (non-hydrogen) atoms. The molecule has 0 radical (unpaired) electrons. The molecule has 2 N–H and O–H groups in total. The molecule has 4 nitrogen and oxygen atoms in total. The van der Waals surface area contributed by atoms with Gasteiger partial charge in [-0.25, -0.2) is 0 Å². The fourth-order valence-electron chi connectivity index (χ4n) is 1.12. The summed E-state index contributed by atoms with van der Waals surface area (Å²) in [5, 5.41) is 12.8. The van der Waals surface area contributed by atoms with Gasteiger partial charge in [0.1, 0.15) is 0 Å². The van der Waals surface area contributed by atoms with Crippen molar-refractivity contribution < 1.29 is 14.6 Å². The molecule has 0 aromatic carbocycles. The number of ether oxygens (including phenoxy) is 1. The Morgan fingerprint density at radius 1 is 1.33 bits per heavy atom. The predicted octanol–water partition coefficient (Wildman–Crippen LogP) is 0.936. The molecule has 0 aliphatic carbocycles. The van der Waals surface area contributed by atoms with Gasteiger partial charge in [0.2, 0.25) is 0 Å². The lowest BCUT2D eigenvalue weighted by molar-refractivity contribution is -0.150. The second kappa shape index (κ2) is 5.47. The first-order valence-corrected chi connectivity index (χ1v) is 5.26. The molecular formula is C11H23NO3. The van der Waals surface area contributed by atoms with Gasteiger partial charge in [0, 0.05) is 13.1 Å². The Bertz CT molecular complexity index is 212. The molecule has 0 amide bonds. The zero-order valence-corrected chi connectivity index (χ0v) is 10.4. The van der Waals surface area contributed by atoms with E-state index in [1.165, 1.54) is 7.11 Å². The van der Waals surface area contributed by atoms with Crippen LogP contribution < -0.4 is 5.32 Å². The number of aliphatic hydroxyl groups is 1. The lowest BCUT2D eigenvalue weighted by Crippen LogP contribution is -2.43. The van der Waals surface area contributed by atoms with Gasteiger partial charge >= 0.3 is 5.97 Å². The molecule has 0 aromatic rings. The van der Waals surface area contributed by atoms with E-state index in [1.807, 2.05) is 20.8 Å². The molecule has 0 aliphatic heterocycles. The highest BCUT2D eigenvalue weighted by Gasteiger charge is 2.29. The summed E-state index contributed by atoms with van der Waals surface area (Å²) in [5.74, 6) is -0.244. The molecule has 0 spiro atoms. The molecule has 0 aliphatic rings. The van der Waals surface area contributed by atoms with Crippen molar-refractivity contribution in [3.05, 3.63) is 0 Å². The highest BCUT2D eigenvalue weighted by molar-refractivity contribution is 5.76. The van der Waals surface area contributed by atoms with E-state index in [2.05, 4.69) is 10.1 Å². The number of hydrogen-bond acceptors (Lipinski definition) is 4. The number of carbonyl (C=O) groups is 1. The number of carbonyl (C=O) groups excluding carboxylic acids is 1. The maximum atomic E-state index is 11.3. The number of esters is 1. The van der Waals surface area contributed by atoms with Crippen LogP contribution in [0.1, 0.15) is 34.1 Å². The second-order valence-electron chi connectivity index (χ2n) is 4.83. The van der Waals surface area contributed by atoms with Crippen molar-refractivity contribution in [1.29, 1.82) is 0 Å². The van der Waals surface area contributed by atoms with E-state index in [9.17, 15) is 9.90 Å². The zero-order chi connectivity index (χ0) is 12.1. The fraction of sp³-hybridized carbons (Fsp3) is 0.909. The van der Waals surface area contributed by atoms with Gasteiger partial charge in [-0.05, 0) is 27.2 Å². The van der Waals surface area contributed by atoms with E-state index in [1.54, 1.807) is 6.92 Å². The topological polar surface area (TPSA) is 58.6 Å². The van der Waals surface area contributed by atoms with Gasteiger partial charge in [-0.2, -0.15) is 0 Å². The van der Waals surface area contributed by atoms with Crippen LogP contribution in [0.2, 0.25) is 0 Å². The van der Waals surface area contributed by atoms with E-state index in [-0.39, 0.29) is 5.97 Å². The van der Waals surface area contributed by atoms with Crippen LogP contribution in [0, 0.1) is 5.41 Å². The van der Waals surface area contributed by atoms with E-state index in [0.717, 1.165) is 0 Å². The molecule has 1 atom stereocenters. The van der Waals surface area contributed by atoms with Crippen LogP contribution >= 0.6 is 0 Å². The Labute approximate surface area is 92.0 Å². The minimum Gasteiger partial charge on any atom is -0.469 e. The minimum absolute atomic E-state index is 0.244. The van der Waals surface area contributed by atoms with Crippen LogP contribution in [0.5, 0.6) is 0 Å². The highest BCUT2D eigenvalue weighted by atomic mass is 16.5. The van der Waals surface area contributed by atoms with Crippen molar-refractivity contribution in [1.82, 2.24) is 5.32 Å². The van der Waals surface area contributed by atoms with E-state index in [4.69, 9.17) is 0 Å². The van der Waals surface area contributed by atoms with E-state index >= 15 is 0 Å². The summed E-state index contributed by atoms with van der Waals surface area (Å²) < 4.78 is 4.68. The third kappa shape index (κ3) is 5.14. The van der Waals surface area contributed by atoms with Crippen LogP contribution in [0.3, 0.4) is 0 Å². The summed E-state index contributed by atoms with van der Waals surface area (Å²) >= 11 is 0. The van der Waals surface area contributed by atoms with Gasteiger partial charge in [-0.15, -0.1) is 0 Å². The van der Waals surface area contributed by atoms with Gasteiger partial charge in [0.15, 0.2) is 0 Å². The standard InChI is InChI=1S/C11H23NO3/c1-6-11(4,14)8-12-7-10(2,3)9(13)15-5/h12,14H,6-8H2,1-5H3. The second-order valence-corrected chi connectivity index (χ2v) is 4.83. The Kier molecular flexibility index (Phi) is 5.24. The van der Waals surface area contributed by atoms with E-state index < -0.39 is 11.0 Å².